The van der Waals surface area contributed by atoms with E-state index in [-0.39, 0.29) is 5.91 Å². The zero-order chi connectivity index (χ0) is 24.6. The molecule has 3 aromatic carbocycles. The van der Waals surface area contributed by atoms with Crippen LogP contribution < -0.4 is 10.1 Å². The molecule has 35 heavy (non-hydrogen) atoms. The molecule has 0 saturated carbocycles. The van der Waals surface area contributed by atoms with Gasteiger partial charge in [0.25, 0.3) is 5.91 Å². The summed E-state index contributed by atoms with van der Waals surface area (Å²) in [6.07, 6.45) is 1.70. The number of ether oxygens (including phenoxy) is 1. The van der Waals surface area contributed by atoms with Crippen molar-refractivity contribution in [2.45, 2.75) is 34.5 Å². The van der Waals surface area contributed by atoms with Gasteiger partial charge in [0, 0.05) is 21.9 Å². The highest BCUT2D eigenvalue weighted by molar-refractivity contribution is 7.99. The molecule has 5 nitrogen and oxygen atoms in total. The van der Waals surface area contributed by atoms with E-state index in [1.54, 1.807) is 6.20 Å². The first-order chi connectivity index (χ1) is 17.0. The summed E-state index contributed by atoms with van der Waals surface area (Å²) in [4.78, 5) is 24.2. The molecule has 0 saturated heterocycles. The van der Waals surface area contributed by atoms with E-state index in [1.165, 1.54) is 29.1 Å². The molecule has 0 aliphatic carbocycles. The van der Waals surface area contributed by atoms with E-state index in [2.05, 4.69) is 15.3 Å². The molecule has 0 fully saturated rings. The Morgan fingerprint density at radius 3 is 2.54 bits per heavy atom. The lowest BCUT2D eigenvalue weighted by molar-refractivity contribution is 0.101. The lowest BCUT2D eigenvalue weighted by Crippen LogP contribution is -2.16. The van der Waals surface area contributed by atoms with Gasteiger partial charge in [-0.1, -0.05) is 83.2 Å². The Labute approximate surface area is 218 Å². The van der Waals surface area contributed by atoms with Crippen LogP contribution in [-0.2, 0) is 5.75 Å². The van der Waals surface area contributed by atoms with Gasteiger partial charge in [-0.25, -0.2) is 9.97 Å². The average molecular weight is 522 g/mol. The van der Waals surface area contributed by atoms with Crippen molar-refractivity contribution in [3.63, 3.8) is 0 Å². The van der Waals surface area contributed by atoms with Crippen LogP contribution in [0.2, 0.25) is 5.02 Å². The van der Waals surface area contributed by atoms with E-state index in [0.29, 0.717) is 44.6 Å². The number of anilines is 1. The Morgan fingerprint density at radius 2 is 1.77 bits per heavy atom. The number of thioether (sulfide) groups is 1. The van der Waals surface area contributed by atoms with Crippen LogP contribution >= 0.6 is 35.1 Å². The Morgan fingerprint density at radius 1 is 1.03 bits per heavy atom. The minimum absolute atomic E-state index is 0.304. The summed E-state index contributed by atoms with van der Waals surface area (Å²) in [5, 5.41) is 4.15. The second kappa shape index (κ2) is 12.1. The first-order valence-electron chi connectivity index (χ1n) is 11.0. The van der Waals surface area contributed by atoms with E-state index >= 15 is 0 Å². The van der Waals surface area contributed by atoms with Crippen LogP contribution in [0, 0.1) is 6.92 Å². The highest BCUT2D eigenvalue weighted by Gasteiger charge is 2.19. The predicted octanol–water partition coefficient (Wildman–Crippen LogP) is 7.53. The van der Waals surface area contributed by atoms with Crippen molar-refractivity contribution in [1.29, 1.82) is 0 Å². The number of benzene rings is 3. The molecule has 0 unspecified atom stereocenters. The fraction of sp³-hybridized carbons (Fsp3) is 0.148. The molecule has 1 amide bonds. The maximum absolute atomic E-state index is 13.4. The normalized spacial score (nSPS) is 10.7. The molecule has 178 valence electrons. The first kappa shape index (κ1) is 25.1. The van der Waals surface area contributed by atoms with Crippen LogP contribution in [0.25, 0.3) is 0 Å². The monoisotopic (exact) mass is 521 g/mol. The maximum Gasteiger partial charge on any atom is 0.275 e. The van der Waals surface area contributed by atoms with E-state index in [0.717, 1.165) is 10.5 Å². The molecule has 1 aromatic heterocycles. The van der Waals surface area contributed by atoms with Crippen LogP contribution in [-0.4, -0.2) is 22.5 Å². The molecular formula is C27H24ClN3O2S2. The second-order valence-corrected chi connectivity index (χ2v) is 10.0. The van der Waals surface area contributed by atoms with Crippen LogP contribution in [0.4, 0.5) is 5.69 Å². The number of hydrogen-bond donors (Lipinski definition) is 1. The zero-order valence-electron chi connectivity index (χ0n) is 19.3. The highest BCUT2D eigenvalue weighted by Crippen LogP contribution is 2.33. The molecule has 0 radical (unpaired) electrons. The number of aromatic nitrogens is 2. The maximum atomic E-state index is 13.4. The molecule has 0 spiro atoms. The van der Waals surface area contributed by atoms with Gasteiger partial charge in [0.2, 0.25) is 0 Å². The molecule has 4 rings (SSSR count). The van der Waals surface area contributed by atoms with Crippen LogP contribution in [0.15, 0.2) is 93.9 Å². The summed E-state index contributed by atoms with van der Waals surface area (Å²) < 4.78 is 5.66. The zero-order valence-corrected chi connectivity index (χ0v) is 21.7. The van der Waals surface area contributed by atoms with Gasteiger partial charge in [-0.15, -0.1) is 0 Å². The van der Waals surface area contributed by atoms with Crippen LogP contribution in [0.3, 0.4) is 0 Å². The van der Waals surface area contributed by atoms with Crippen LogP contribution in [0.5, 0.6) is 5.75 Å². The van der Waals surface area contributed by atoms with Gasteiger partial charge in [-0.3, -0.25) is 4.79 Å². The number of halogens is 1. The summed E-state index contributed by atoms with van der Waals surface area (Å²) in [6.45, 7) is 4.44. The van der Waals surface area contributed by atoms with E-state index in [1.807, 2.05) is 86.6 Å². The van der Waals surface area contributed by atoms with E-state index < -0.39 is 0 Å². The highest BCUT2D eigenvalue weighted by atomic mass is 35.5. The Kier molecular flexibility index (Phi) is 8.69. The Bertz CT molecular complexity index is 1320. The molecule has 0 aliphatic rings. The molecule has 0 aliphatic heterocycles. The quantitative estimate of drug-likeness (QED) is 0.181. The van der Waals surface area contributed by atoms with Gasteiger partial charge in [0.15, 0.2) is 5.16 Å². The minimum atomic E-state index is -0.325. The predicted molar refractivity (Wildman–Crippen MR) is 144 cm³/mol. The summed E-state index contributed by atoms with van der Waals surface area (Å²) >= 11 is 9.18. The number of para-hydroxylation sites is 2. The number of carbonyl (C=O) groups excluding carboxylic acids is 1. The average Bonchev–Trinajstić information content (AvgIpc) is 2.87. The molecule has 1 heterocycles. The smallest absolute Gasteiger partial charge is 0.275 e. The number of carbonyl (C=O) groups is 1. The Hall–Kier alpha value is -3.00. The van der Waals surface area contributed by atoms with Gasteiger partial charge in [-0.05, 0) is 49.7 Å². The number of nitrogens with zero attached hydrogens (tertiary/aromatic N) is 2. The Balaban J connectivity index is 1.62. The SMILES string of the molecule is CCOc1ccccc1NC(=O)c1nc(SCc2ccccc2Cl)ncc1Sc1ccc(C)cc1. The van der Waals surface area contributed by atoms with Crippen molar-refractivity contribution in [3.8, 4) is 5.75 Å². The van der Waals surface area contributed by atoms with Gasteiger partial charge in [0.05, 0.1) is 17.2 Å². The van der Waals surface area contributed by atoms with Crippen molar-refractivity contribution < 1.29 is 9.53 Å². The van der Waals surface area contributed by atoms with Crippen molar-refractivity contribution in [2.24, 2.45) is 0 Å². The van der Waals surface area contributed by atoms with E-state index in [4.69, 9.17) is 16.3 Å². The third-order valence-electron chi connectivity index (χ3n) is 4.95. The molecule has 0 bridgehead atoms. The van der Waals surface area contributed by atoms with Gasteiger partial charge in [0.1, 0.15) is 11.4 Å². The molecule has 4 aromatic rings. The van der Waals surface area contributed by atoms with E-state index in [9.17, 15) is 4.79 Å². The molecule has 1 N–H and O–H groups in total. The van der Waals surface area contributed by atoms with Crippen molar-refractivity contribution in [3.05, 3.63) is 101 Å². The third kappa shape index (κ3) is 6.78. The number of amides is 1. The van der Waals surface area contributed by atoms with Crippen LogP contribution in [0.1, 0.15) is 28.5 Å². The summed E-state index contributed by atoms with van der Waals surface area (Å²) in [5.74, 6) is 0.880. The van der Waals surface area contributed by atoms with Gasteiger partial charge in [-0.2, -0.15) is 0 Å². The lowest BCUT2D eigenvalue weighted by atomic mass is 10.2. The molecule has 0 atom stereocenters. The number of aryl methyl sites for hydroxylation is 1. The molecular weight excluding hydrogens is 498 g/mol. The third-order valence-corrected chi connectivity index (χ3v) is 7.25. The minimum Gasteiger partial charge on any atom is -0.492 e. The summed E-state index contributed by atoms with van der Waals surface area (Å²) in [7, 11) is 0. The largest absolute Gasteiger partial charge is 0.492 e. The number of hydrogen-bond acceptors (Lipinski definition) is 6. The van der Waals surface area contributed by atoms with Crippen molar-refractivity contribution in [1.82, 2.24) is 9.97 Å². The topological polar surface area (TPSA) is 64.1 Å². The number of rotatable bonds is 9. The van der Waals surface area contributed by atoms with Crippen molar-refractivity contribution in [2.75, 3.05) is 11.9 Å². The summed E-state index contributed by atoms with van der Waals surface area (Å²) in [5.41, 5.74) is 3.05. The first-order valence-corrected chi connectivity index (χ1v) is 13.2. The lowest BCUT2D eigenvalue weighted by Gasteiger charge is -2.13. The van der Waals surface area contributed by atoms with Crippen molar-refractivity contribution >= 4 is 46.7 Å². The standard InChI is InChI=1S/C27H24ClN3O2S2/c1-3-33-23-11-7-6-10-22(23)30-26(32)25-24(35-20-14-12-18(2)13-15-20)16-29-27(31-25)34-17-19-8-4-5-9-21(19)28/h4-16H,3,17H2,1-2H3,(H,30,32). The fourth-order valence-corrected chi connectivity index (χ4v) is 5.15. The fourth-order valence-electron chi connectivity index (χ4n) is 3.19. The van der Waals surface area contributed by atoms with Gasteiger partial charge < -0.3 is 10.1 Å². The molecule has 8 heteroatoms. The summed E-state index contributed by atoms with van der Waals surface area (Å²) in [6, 6.07) is 23.1. The second-order valence-electron chi connectivity index (χ2n) is 7.54. The number of nitrogens with one attached hydrogen (secondary N) is 1. The van der Waals surface area contributed by atoms with Gasteiger partial charge >= 0.3 is 0 Å².